The van der Waals surface area contributed by atoms with Gasteiger partial charge < -0.3 is 15.4 Å². The molecule has 98 valence electrons. The second-order valence-electron chi connectivity index (χ2n) is 5.96. The van der Waals surface area contributed by atoms with E-state index < -0.39 is 0 Å². The summed E-state index contributed by atoms with van der Waals surface area (Å²) in [6, 6.07) is 4.02. The lowest BCUT2D eigenvalue weighted by Crippen LogP contribution is -2.57. The van der Waals surface area contributed by atoms with E-state index in [4.69, 9.17) is 15.7 Å². The predicted octanol–water partition coefficient (Wildman–Crippen LogP) is 2.60. The van der Waals surface area contributed by atoms with Crippen LogP contribution < -0.4 is 10.6 Å². The van der Waals surface area contributed by atoms with Crippen molar-refractivity contribution in [3.63, 3.8) is 0 Å². The predicted molar refractivity (Wildman–Crippen MR) is 74.9 cm³/mol. The summed E-state index contributed by atoms with van der Waals surface area (Å²) in [4.78, 5) is 2.85. The van der Waals surface area contributed by atoms with Crippen LogP contribution in [0.3, 0.4) is 0 Å². The molecule has 1 saturated heterocycles. The highest BCUT2D eigenvalue weighted by molar-refractivity contribution is 7.17. The summed E-state index contributed by atoms with van der Waals surface area (Å²) in [5.41, 5.74) is 5.99. The maximum Gasteiger partial charge on any atom is 0.129 e. The highest BCUT2D eigenvalue weighted by atomic mass is 32.1. The van der Waals surface area contributed by atoms with Crippen molar-refractivity contribution in [1.29, 1.82) is 5.26 Å². The number of nitrogens with two attached hydrogens (primary N) is 1. The van der Waals surface area contributed by atoms with Gasteiger partial charge in [-0.1, -0.05) is 0 Å². The third kappa shape index (κ3) is 2.60. The van der Waals surface area contributed by atoms with Crippen LogP contribution in [0.5, 0.6) is 0 Å². The normalized spacial score (nSPS) is 21.6. The molecule has 0 amide bonds. The Labute approximate surface area is 112 Å². The van der Waals surface area contributed by atoms with Crippen molar-refractivity contribution >= 4 is 22.0 Å². The monoisotopic (exact) mass is 265 g/mol. The fourth-order valence-corrected chi connectivity index (χ4v) is 3.45. The molecule has 0 spiro atoms. The van der Waals surface area contributed by atoms with E-state index >= 15 is 0 Å². The summed E-state index contributed by atoms with van der Waals surface area (Å²) >= 11 is 1.45. The Kier molecular flexibility index (Phi) is 3.04. The van der Waals surface area contributed by atoms with Crippen LogP contribution in [-0.2, 0) is 4.74 Å². The molecule has 0 saturated carbocycles. The van der Waals surface area contributed by atoms with Gasteiger partial charge >= 0.3 is 0 Å². The molecule has 4 nitrogen and oxygen atoms in total. The first kappa shape index (κ1) is 13.2. The summed E-state index contributed by atoms with van der Waals surface area (Å²) in [7, 11) is 0. The molecule has 2 heterocycles. The molecule has 5 heteroatoms. The van der Waals surface area contributed by atoms with Crippen LogP contribution in [0.4, 0.5) is 10.7 Å². The summed E-state index contributed by atoms with van der Waals surface area (Å²) in [6.07, 6.45) is 0. The van der Waals surface area contributed by atoms with Crippen LogP contribution in [0, 0.1) is 11.3 Å². The van der Waals surface area contributed by atoms with Gasteiger partial charge in [0.05, 0.1) is 21.9 Å². The van der Waals surface area contributed by atoms with E-state index in [1.54, 1.807) is 0 Å². The molecule has 2 N–H and O–H groups in total. The topological polar surface area (TPSA) is 62.3 Å². The number of rotatable bonds is 1. The molecule has 1 fully saturated rings. The van der Waals surface area contributed by atoms with Crippen LogP contribution in [0.1, 0.15) is 32.6 Å². The van der Waals surface area contributed by atoms with Gasteiger partial charge in [-0.15, -0.1) is 11.3 Å². The van der Waals surface area contributed by atoms with E-state index in [1.165, 1.54) is 11.3 Å². The molecule has 0 unspecified atom stereocenters. The molecule has 1 aliphatic heterocycles. The van der Waals surface area contributed by atoms with Crippen molar-refractivity contribution < 1.29 is 4.74 Å². The van der Waals surface area contributed by atoms with Gasteiger partial charge in [-0.2, -0.15) is 5.26 Å². The lowest BCUT2D eigenvalue weighted by Gasteiger charge is -2.47. The van der Waals surface area contributed by atoms with Gasteiger partial charge in [0.2, 0.25) is 0 Å². The first-order chi connectivity index (χ1) is 8.22. The molecule has 18 heavy (non-hydrogen) atoms. The number of anilines is 2. The van der Waals surface area contributed by atoms with E-state index in [0.717, 1.165) is 18.1 Å². The zero-order valence-electron chi connectivity index (χ0n) is 11.3. The Morgan fingerprint density at radius 1 is 1.33 bits per heavy atom. The van der Waals surface area contributed by atoms with Crippen LogP contribution in [0.2, 0.25) is 0 Å². The molecular weight excluding hydrogens is 246 g/mol. The third-order valence-corrected chi connectivity index (χ3v) is 3.97. The van der Waals surface area contributed by atoms with Crippen LogP contribution in [0.15, 0.2) is 6.07 Å². The molecule has 0 aliphatic carbocycles. The SMILES string of the molecule is CC1(C)CN(c2cc(N)c(C#N)s2)CC(C)(C)O1. The van der Waals surface area contributed by atoms with Gasteiger partial charge in [-0.05, 0) is 33.8 Å². The van der Waals surface area contributed by atoms with Gasteiger partial charge in [0.1, 0.15) is 10.9 Å². The Balaban J connectivity index is 2.30. The van der Waals surface area contributed by atoms with Crippen molar-refractivity contribution in [2.24, 2.45) is 0 Å². The number of morpholine rings is 1. The first-order valence-electron chi connectivity index (χ1n) is 5.97. The van der Waals surface area contributed by atoms with E-state index in [1.807, 2.05) is 6.07 Å². The number of nitrogen functional groups attached to an aromatic ring is 1. The molecule has 1 aromatic rings. The Morgan fingerprint density at radius 3 is 2.33 bits per heavy atom. The molecule has 0 aromatic carbocycles. The zero-order valence-corrected chi connectivity index (χ0v) is 12.1. The van der Waals surface area contributed by atoms with E-state index in [-0.39, 0.29) is 11.2 Å². The summed E-state index contributed by atoms with van der Waals surface area (Å²) in [5, 5.41) is 10.0. The minimum atomic E-state index is -0.201. The lowest BCUT2D eigenvalue weighted by molar-refractivity contribution is -0.132. The highest BCUT2D eigenvalue weighted by Crippen LogP contribution is 2.37. The summed E-state index contributed by atoms with van der Waals surface area (Å²) in [6.45, 7) is 9.96. The molecule has 0 bridgehead atoms. The van der Waals surface area contributed by atoms with Gasteiger partial charge in [-0.3, -0.25) is 0 Å². The van der Waals surface area contributed by atoms with E-state index in [0.29, 0.717) is 10.6 Å². The summed E-state index contributed by atoms with van der Waals surface area (Å²) < 4.78 is 6.04. The van der Waals surface area contributed by atoms with Crippen LogP contribution in [-0.4, -0.2) is 24.3 Å². The van der Waals surface area contributed by atoms with Crippen molar-refractivity contribution in [3.8, 4) is 6.07 Å². The Bertz CT molecular complexity index is 483. The molecule has 1 aliphatic rings. The maximum atomic E-state index is 8.97. The number of ether oxygens (including phenoxy) is 1. The van der Waals surface area contributed by atoms with Crippen LogP contribution >= 0.6 is 11.3 Å². The van der Waals surface area contributed by atoms with Crippen molar-refractivity contribution in [2.45, 2.75) is 38.9 Å². The molecule has 1 aromatic heterocycles. The number of nitriles is 1. The smallest absolute Gasteiger partial charge is 0.129 e. The Hall–Kier alpha value is -1.25. The molecular formula is C13H19N3OS. The fraction of sp³-hybridized carbons (Fsp3) is 0.615. The second kappa shape index (κ2) is 4.15. The highest BCUT2D eigenvalue weighted by Gasteiger charge is 2.38. The van der Waals surface area contributed by atoms with Crippen molar-refractivity contribution in [1.82, 2.24) is 0 Å². The van der Waals surface area contributed by atoms with Gasteiger partial charge in [0.25, 0.3) is 0 Å². The maximum absolute atomic E-state index is 8.97. The molecule has 0 atom stereocenters. The van der Waals surface area contributed by atoms with Gasteiger partial charge in [0.15, 0.2) is 0 Å². The Morgan fingerprint density at radius 2 is 1.89 bits per heavy atom. The minimum Gasteiger partial charge on any atom is -0.397 e. The van der Waals surface area contributed by atoms with Gasteiger partial charge in [0, 0.05) is 13.1 Å². The average Bonchev–Trinajstić information content (AvgIpc) is 2.55. The average molecular weight is 265 g/mol. The number of hydrogen-bond acceptors (Lipinski definition) is 5. The lowest BCUT2D eigenvalue weighted by atomic mass is 9.99. The number of nitrogens with zero attached hydrogens (tertiary/aromatic N) is 2. The standard InChI is InChI=1S/C13H19N3OS/c1-12(2)7-16(8-13(3,4)17-12)11-5-9(15)10(6-14)18-11/h5H,7-8,15H2,1-4H3. The zero-order chi connectivity index (χ0) is 13.6. The number of thiophene rings is 1. The first-order valence-corrected chi connectivity index (χ1v) is 6.79. The quantitative estimate of drug-likeness (QED) is 0.847. The van der Waals surface area contributed by atoms with Crippen molar-refractivity contribution in [2.75, 3.05) is 23.7 Å². The van der Waals surface area contributed by atoms with E-state index in [9.17, 15) is 0 Å². The molecule has 0 radical (unpaired) electrons. The largest absolute Gasteiger partial charge is 0.397 e. The second-order valence-corrected chi connectivity index (χ2v) is 6.99. The van der Waals surface area contributed by atoms with Gasteiger partial charge in [-0.25, -0.2) is 0 Å². The van der Waals surface area contributed by atoms with Crippen LogP contribution in [0.25, 0.3) is 0 Å². The van der Waals surface area contributed by atoms with Crippen molar-refractivity contribution in [3.05, 3.63) is 10.9 Å². The minimum absolute atomic E-state index is 0.201. The summed E-state index contributed by atoms with van der Waals surface area (Å²) in [5.74, 6) is 0. The number of hydrogen-bond donors (Lipinski definition) is 1. The molecule has 2 rings (SSSR count). The fourth-order valence-electron chi connectivity index (χ4n) is 2.58. The third-order valence-electron chi connectivity index (χ3n) is 2.86. The van der Waals surface area contributed by atoms with E-state index in [2.05, 4.69) is 38.7 Å².